The number of aromatic nitrogens is 4. The van der Waals surface area contributed by atoms with Gasteiger partial charge < -0.3 is 30.2 Å². The summed E-state index contributed by atoms with van der Waals surface area (Å²) >= 11 is 6.97. The minimum Gasteiger partial charge on any atom is -0.481 e. The van der Waals surface area contributed by atoms with E-state index >= 15 is 0 Å². The van der Waals surface area contributed by atoms with Gasteiger partial charge in [0.05, 0.1) is 27.5 Å². The highest BCUT2D eigenvalue weighted by atomic mass is 35.5. The fraction of sp³-hybridized carbons (Fsp3) is 0.432. The molecule has 1 saturated carbocycles. The van der Waals surface area contributed by atoms with Crippen LogP contribution in [0.1, 0.15) is 82.2 Å². The maximum absolute atomic E-state index is 13.7. The monoisotopic (exact) mass is 698 g/mol. The smallest absolute Gasteiger partial charge is 0.309 e. The molecule has 13 heteroatoms. The predicted octanol–water partition coefficient (Wildman–Crippen LogP) is 5.32. The van der Waals surface area contributed by atoms with E-state index < -0.39 is 11.4 Å². The molecule has 3 aliphatic rings. The van der Waals surface area contributed by atoms with Crippen LogP contribution in [-0.2, 0) is 44.8 Å². The Morgan fingerprint density at radius 2 is 1.50 bits per heavy atom. The first-order valence-corrected chi connectivity index (χ1v) is 17.6. The molecule has 0 spiro atoms. The van der Waals surface area contributed by atoms with Crippen LogP contribution < -0.4 is 16.0 Å². The summed E-state index contributed by atoms with van der Waals surface area (Å²) < 4.78 is 3.74. The molecule has 0 unspecified atom stereocenters. The predicted molar refractivity (Wildman–Crippen MR) is 191 cm³/mol. The van der Waals surface area contributed by atoms with Crippen LogP contribution in [0.25, 0.3) is 11.1 Å². The SMILES string of the molecule is Cc1c(NC(=O)c2nc3c(n2C)CCNC3)cccc1-c1cccc(NC(=O)c2nc3c(n2C)CCN(C2CCC(C)(C(=O)O)CC2)C3)c1Cl. The van der Waals surface area contributed by atoms with Crippen LogP contribution in [0.2, 0.25) is 5.02 Å². The van der Waals surface area contributed by atoms with Gasteiger partial charge in [-0.2, -0.15) is 0 Å². The van der Waals surface area contributed by atoms with Gasteiger partial charge in [-0.15, -0.1) is 0 Å². The van der Waals surface area contributed by atoms with Crippen molar-refractivity contribution in [1.29, 1.82) is 0 Å². The molecule has 4 heterocycles. The van der Waals surface area contributed by atoms with Crippen molar-refractivity contribution in [3.05, 3.63) is 81.4 Å². The van der Waals surface area contributed by atoms with E-state index in [0.29, 0.717) is 60.0 Å². The highest BCUT2D eigenvalue weighted by molar-refractivity contribution is 6.36. The highest BCUT2D eigenvalue weighted by Crippen LogP contribution is 2.40. The number of benzene rings is 2. The molecule has 2 aromatic carbocycles. The van der Waals surface area contributed by atoms with E-state index in [9.17, 15) is 19.5 Å². The van der Waals surface area contributed by atoms with E-state index in [2.05, 4.69) is 25.8 Å². The number of carbonyl (C=O) groups excluding carboxylic acids is 2. The lowest BCUT2D eigenvalue weighted by Gasteiger charge is -2.41. The average molecular weight is 699 g/mol. The van der Waals surface area contributed by atoms with Gasteiger partial charge in [0.1, 0.15) is 0 Å². The van der Waals surface area contributed by atoms with Crippen LogP contribution in [0.5, 0.6) is 0 Å². The van der Waals surface area contributed by atoms with E-state index in [0.717, 1.165) is 78.2 Å². The lowest BCUT2D eigenvalue weighted by Crippen LogP contribution is -2.44. The third kappa shape index (κ3) is 6.09. The molecule has 1 fully saturated rings. The Labute approximate surface area is 296 Å². The molecule has 1 aliphatic carbocycles. The first-order chi connectivity index (χ1) is 23.9. The van der Waals surface area contributed by atoms with Crippen LogP contribution >= 0.6 is 11.6 Å². The molecule has 0 radical (unpaired) electrons. The second kappa shape index (κ2) is 13.3. The molecular weight excluding hydrogens is 656 g/mol. The van der Waals surface area contributed by atoms with Gasteiger partial charge in [0.15, 0.2) is 11.6 Å². The number of carboxylic acids is 1. The maximum atomic E-state index is 13.7. The molecule has 2 amide bonds. The molecule has 2 aromatic heterocycles. The fourth-order valence-electron chi connectivity index (χ4n) is 7.80. The second-order valence-corrected chi connectivity index (χ2v) is 14.5. The van der Waals surface area contributed by atoms with Crippen molar-refractivity contribution in [2.45, 2.75) is 71.5 Å². The van der Waals surface area contributed by atoms with Crippen molar-refractivity contribution in [1.82, 2.24) is 29.3 Å². The number of carboxylic acid groups (broad SMARTS) is 1. The quantitative estimate of drug-likeness (QED) is 0.203. The molecule has 4 aromatic rings. The van der Waals surface area contributed by atoms with Crippen molar-refractivity contribution in [3.8, 4) is 11.1 Å². The average Bonchev–Trinajstić information content (AvgIpc) is 3.63. The molecule has 0 bridgehead atoms. The number of hydrogen-bond donors (Lipinski definition) is 4. The largest absolute Gasteiger partial charge is 0.481 e. The summed E-state index contributed by atoms with van der Waals surface area (Å²) in [5, 5.41) is 19.3. The number of hydrogen-bond acceptors (Lipinski definition) is 7. The zero-order valence-electron chi connectivity index (χ0n) is 28.9. The number of halogens is 1. The van der Waals surface area contributed by atoms with Crippen molar-refractivity contribution in [2.24, 2.45) is 19.5 Å². The van der Waals surface area contributed by atoms with Crippen LogP contribution in [0, 0.1) is 12.3 Å². The fourth-order valence-corrected chi connectivity index (χ4v) is 8.07. The van der Waals surface area contributed by atoms with Crippen molar-refractivity contribution >= 4 is 40.8 Å². The molecule has 0 saturated heterocycles. The Morgan fingerprint density at radius 3 is 2.16 bits per heavy atom. The molecule has 2 aliphatic heterocycles. The van der Waals surface area contributed by atoms with E-state index in [1.165, 1.54) is 0 Å². The van der Waals surface area contributed by atoms with Crippen LogP contribution in [0.4, 0.5) is 11.4 Å². The van der Waals surface area contributed by atoms with Gasteiger partial charge in [-0.1, -0.05) is 35.9 Å². The first-order valence-electron chi connectivity index (χ1n) is 17.2. The molecule has 262 valence electrons. The van der Waals surface area contributed by atoms with Crippen LogP contribution in [-0.4, -0.2) is 66.0 Å². The Morgan fingerprint density at radius 1 is 0.900 bits per heavy atom. The van der Waals surface area contributed by atoms with E-state index in [1.807, 2.05) is 67.4 Å². The minimum atomic E-state index is -0.715. The van der Waals surface area contributed by atoms with Crippen LogP contribution in [0.3, 0.4) is 0 Å². The Kier molecular flexibility index (Phi) is 9.04. The van der Waals surface area contributed by atoms with Crippen molar-refractivity contribution in [2.75, 3.05) is 23.7 Å². The lowest BCUT2D eigenvalue weighted by molar-refractivity contribution is -0.150. The van der Waals surface area contributed by atoms with Gasteiger partial charge in [-0.05, 0) is 62.8 Å². The van der Waals surface area contributed by atoms with E-state index in [-0.39, 0.29) is 11.8 Å². The number of fused-ring (bicyclic) bond motifs is 2. The summed E-state index contributed by atoms with van der Waals surface area (Å²) in [6, 6.07) is 11.5. The maximum Gasteiger partial charge on any atom is 0.309 e. The Hall–Kier alpha value is -4.52. The van der Waals surface area contributed by atoms with Crippen LogP contribution in [0.15, 0.2) is 36.4 Å². The molecule has 12 nitrogen and oxygen atoms in total. The van der Waals surface area contributed by atoms with Gasteiger partial charge in [0.25, 0.3) is 11.8 Å². The topological polar surface area (TPSA) is 146 Å². The molecular formula is C37H43ClN8O4. The lowest BCUT2D eigenvalue weighted by atomic mass is 9.73. The van der Waals surface area contributed by atoms with Crippen molar-refractivity contribution in [3.63, 3.8) is 0 Å². The number of amides is 2. The number of rotatable bonds is 7. The number of carbonyl (C=O) groups is 3. The third-order valence-electron chi connectivity index (χ3n) is 11.0. The second-order valence-electron chi connectivity index (χ2n) is 14.1. The van der Waals surface area contributed by atoms with E-state index in [1.54, 1.807) is 6.07 Å². The summed E-state index contributed by atoms with van der Waals surface area (Å²) in [6.07, 6.45) is 4.59. The van der Waals surface area contributed by atoms with Gasteiger partial charge in [0, 0.05) is 81.8 Å². The van der Waals surface area contributed by atoms with E-state index in [4.69, 9.17) is 16.6 Å². The highest BCUT2D eigenvalue weighted by Gasteiger charge is 2.40. The van der Waals surface area contributed by atoms with Gasteiger partial charge in [-0.25, -0.2) is 9.97 Å². The number of nitrogens with zero attached hydrogens (tertiary/aromatic N) is 5. The normalized spacial score (nSPS) is 20.5. The summed E-state index contributed by atoms with van der Waals surface area (Å²) in [6.45, 7) is 6.76. The zero-order chi connectivity index (χ0) is 35.3. The summed E-state index contributed by atoms with van der Waals surface area (Å²) in [4.78, 5) is 50.5. The standard InChI is InChI=1S/C37H43ClN8O4/c1-21-23(7-5-9-25(21)42-34(47)32-40-27-19-39-17-13-29(27)44(32)3)24-8-6-10-26(31(24)38)43-35(48)33-41-28-20-46(18-14-30(28)45(33)4)22-11-15-37(2,16-12-22)36(49)50/h5-10,22,39H,11-20H2,1-4H3,(H,42,47)(H,43,48)(H,49,50). The van der Waals surface area contributed by atoms with Crippen molar-refractivity contribution < 1.29 is 19.5 Å². The number of imidazole rings is 2. The summed E-state index contributed by atoms with van der Waals surface area (Å²) in [7, 11) is 3.74. The zero-order valence-corrected chi connectivity index (χ0v) is 29.7. The summed E-state index contributed by atoms with van der Waals surface area (Å²) in [5.74, 6) is -0.671. The van der Waals surface area contributed by atoms with Gasteiger partial charge in [0.2, 0.25) is 0 Å². The number of aliphatic carboxylic acids is 1. The van der Waals surface area contributed by atoms with Gasteiger partial charge in [-0.3, -0.25) is 19.3 Å². The molecule has 50 heavy (non-hydrogen) atoms. The minimum absolute atomic E-state index is 0.282. The number of anilines is 2. The number of nitrogens with one attached hydrogen (secondary N) is 3. The summed E-state index contributed by atoms with van der Waals surface area (Å²) in [5.41, 5.74) is 6.73. The first kappa shape index (κ1) is 34.0. The third-order valence-corrected chi connectivity index (χ3v) is 11.4. The molecule has 4 N–H and O–H groups in total. The Balaban J connectivity index is 1.06. The molecule has 0 atom stereocenters. The molecule has 7 rings (SSSR count). The van der Waals surface area contributed by atoms with Gasteiger partial charge >= 0.3 is 5.97 Å². The Bertz CT molecular complexity index is 2010.